The number of aromatic amines is 4. The van der Waals surface area contributed by atoms with Crippen LogP contribution in [0.1, 0.15) is 212 Å². The number of carbonyl (C=O) groups is 1. The Labute approximate surface area is 614 Å². The van der Waals surface area contributed by atoms with Crippen molar-refractivity contribution in [1.82, 2.24) is 44.4 Å². The lowest BCUT2D eigenvalue weighted by Gasteiger charge is -2.42. The molecule has 0 bridgehead atoms. The highest BCUT2D eigenvalue weighted by Crippen LogP contribution is 2.42. The number of carbonyl (C=O) groups excluding carboxylic acids is 1. The third-order valence-corrected chi connectivity index (χ3v) is 23.5. The van der Waals surface area contributed by atoms with E-state index in [0.717, 1.165) is 182 Å². The van der Waals surface area contributed by atoms with E-state index in [4.69, 9.17) is 0 Å². The van der Waals surface area contributed by atoms with Gasteiger partial charge in [0, 0.05) is 141 Å². The summed E-state index contributed by atoms with van der Waals surface area (Å²) >= 11 is 0. The van der Waals surface area contributed by atoms with Crippen molar-refractivity contribution in [2.24, 2.45) is 11.8 Å². The molecule has 0 spiro atoms. The van der Waals surface area contributed by atoms with Crippen LogP contribution in [0.4, 0.5) is 0 Å². The number of rotatable bonds is 17. The predicted octanol–water partition coefficient (Wildman–Crippen LogP) is 15.0. The number of fused-ring (bicyclic) bond motifs is 4. The van der Waals surface area contributed by atoms with Gasteiger partial charge >= 0.3 is 0 Å². The van der Waals surface area contributed by atoms with E-state index in [1.54, 1.807) is 0 Å². The van der Waals surface area contributed by atoms with Crippen molar-refractivity contribution in [3.05, 3.63) is 219 Å². The van der Waals surface area contributed by atoms with Crippen LogP contribution in [0.5, 0.6) is 0 Å². The SMILES string of the molecule is CCc1cc2cc(C(C3CCCCC3)N3CCC(O)CC3)ccc2[nH]c1=O.CCc1cc2cc(C(C3CCCCCC3)N3CCC(=O)CC3)ccc2[nH]c1=O.CCc1cc2cc(C(O)CN3CCCCC3)ccc2[nH]c1=O.CCc1cc2cc(CN3CCN(Cc4ccccc4)CC3)ccc2[nH]c1=O. The van der Waals surface area contributed by atoms with Gasteiger partial charge in [-0.2, -0.15) is 0 Å². The molecule has 4 aliphatic heterocycles. The number of aliphatic hydroxyl groups is 2. The van der Waals surface area contributed by atoms with E-state index in [9.17, 15) is 34.2 Å². The van der Waals surface area contributed by atoms with Crippen LogP contribution in [0.25, 0.3) is 43.6 Å². The van der Waals surface area contributed by atoms with Crippen molar-refractivity contribution in [3.63, 3.8) is 0 Å². The molecule has 2 aliphatic carbocycles. The van der Waals surface area contributed by atoms with Crippen LogP contribution in [0, 0.1) is 11.8 Å². The molecule has 6 N–H and O–H groups in total. The first-order valence-electron chi connectivity index (χ1n) is 39.9. The summed E-state index contributed by atoms with van der Waals surface area (Å²) in [7, 11) is 0. The normalized spacial score (nSPS) is 19.2. The quantitative estimate of drug-likeness (QED) is 0.0471. The summed E-state index contributed by atoms with van der Waals surface area (Å²) in [5.41, 5.74) is 13.4. The molecule has 0 amide bonds. The summed E-state index contributed by atoms with van der Waals surface area (Å²) < 4.78 is 0. The van der Waals surface area contributed by atoms with Crippen molar-refractivity contribution in [2.75, 3.05) is 72.0 Å². The smallest absolute Gasteiger partial charge is 0.251 e. The number of likely N-dealkylation sites (tertiary alicyclic amines) is 3. The molecule has 554 valence electrons. The number of β-amino-alcohol motifs (C(OH)–C–C–N with tert-alkyl or cyclic N) is 1. The number of piperazine rings is 1. The third-order valence-electron chi connectivity index (χ3n) is 23.5. The van der Waals surface area contributed by atoms with Crippen molar-refractivity contribution in [1.29, 1.82) is 0 Å². The van der Waals surface area contributed by atoms with Crippen molar-refractivity contribution < 1.29 is 15.0 Å². The maximum Gasteiger partial charge on any atom is 0.251 e. The van der Waals surface area contributed by atoms with Crippen molar-refractivity contribution in [2.45, 2.75) is 206 Å². The lowest BCUT2D eigenvalue weighted by molar-refractivity contribution is -0.122. The molecule has 16 nitrogen and oxygen atoms in total. The van der Waals surface area contributed by atoms with Gasteiger partial charge in [0.05, 0.1) is 12.2 Å². The maximum atomic E-state index is 12.2. The number of aliphatic hydroxyl groups excluding tert-OH is 2. The van der Waals surface area contributed by atoms with Gasteiger partial charge in [0.1, 0.15) is 5.78 Å². The van der Waals surface area contributed by atoms with Gasteiger partial charge in [-0.25, -0.2) is 0 Å². The standard InChI is InChI=1S/C24H32N2O2.C23H27N3O.C23H32N2O2.C18H24N2O2/c1-2-17-15-20-16-19(9-10-22(20)25-24(17)28)23(18-7-5-3-4-6-8-18)26-13-11-21(27)12-14-26;1-2-20-15-21-14-19(8-9-22(21)24-23(20)27)17-26-12-10-25(11-13-26)16-18-6-4-3-5-7-18;1-2-16-14-19-15-18(8-9-21(19)24-23(16)27)22(17-6-4-3-5-7-17)25-12-10-20(26)11-13-25;1-2-13-10-15-11-14(6-7-16(15)19-18(13)22)17(21)12-20-8-4-3-5-9-20/h9-10,15-16,18,23H,2-8,11-14H2,1H3,(H,25,28);3-9,14-15H,2,10-13,16-17H2,1H3,(H,24,27);8-9,14-15,17,20,22,26H,2-7,10-13H2,1H3,(H,24,27);6-7,10-11,17,21H,2-5,8-9,12H2,1H3,(H,19,22). The van der Waals surface area contributed by atoms with Crippen LogP contribution in [-0.4, -0.2) is 139 Å². The third kappa shape index (κ3) is 19.9. The van der Waals surface area contributed by atoms with Gasteiger partial charge in [0.15, 0.2) is 0 Å². The van der Waals surface area contributed by atoms with E-state index in [1.165, 1.54) is 112 Å². The molecule has 8 heterocycles. The number of pyridine rings is 4. The Morgan fingerprint density at radius 1 is 0.375 bits per heavy atom. The zero-order chi connectivity index (χ0) is 72.5. The average Bonchev–Trinajstić information content (AvgIpc) is 0.879. The number of nitrogens with one attached hydrogen (secondary N) is 4. The van der Waals surface area contributed by atoms with Crippen molar-refractivity contribution in [3.8, 4) is 0 Å². The summed E-state index contributed by atoms with van der Waals surface area (Å²) in [4.78, 5) is 84.4. The van der Waals surface area contributed by atoms with Crippen LogP contribution < -0.4 is 22.2 Å². The van der Waals surface area contributed by atoms with E-state index in [-0.39, 0.29) is 28.3 Å². The highest BCUT2D eigenvalue weighted by atomic mass is 16.3. The molecule has 104 heavy (non-hydrogen) atoms. The van der Waals surface area contributed by atoms with Gasteiger partial charge < -0.3 is 35.0 Å². The number of hydrogen-bond donors (Lipinski definition) is 6. The fraction of sp³-hybridized carbons (Fsp3) is 0.511. The second-order valence-corrected chi connectivity index (χ2v) is 30.7. The lowest BCUT2D eigenvalue weighted by Crippen LogP contribution is -2.45. The summed E-state index contributed by atoms with van der Waals surface area (Å²) in [5, 5.41) is 24.8. The summed E-state index contributed by atoms with van der Waals surface area (Å²) in [5.74, 6) is 1.75. The number of benzene rings is 5. The molecule has 15 rings (SSSR count). The van der Waals surface area contributed by atoms with E-state index < -0.39 is 6.10 Å². The fourth-order valence-electron chi connectivity index (χ4n) is 17.4. The molecule has 2 saturated carbocycles. The zero-order valence-corrected chi connectivity index (χ0v) is 62.5. The molecule has 3 unspecified atom stereocenters. The van der Waals surface area contributed by atoms with Crippen LogP contribution >= 0.6 is 0 Å². The average molecular weight is 1410 g/mol. The fourth-order valence-corrected chi connectivity index (χ4v) is 17.4. The molecule has 4 aromatic heterocycles. The lowest BCUT2D eigenvalue weighted by atomic mass is 9.79. The molecule has 0 radical (unpaired) electrons. The summed E-state index contributed by atoms with van der Waals surface area (Å²) in [6.07, 6.45) is 23.8. The van der Waals surface area contributed by atoms with Gasteiger partial charge in [-0.3, -0.25) is 43.6 Å². The Kier molecular flexibility index (Phi) is 27.1. The number of Topliss-reactive ketones (excluding diaryl/α,β-unsaturated/α-hetero) is 1. The molecule has 6 fully saturated rings. The first-order chi connectivity index (χ1) is 50.7. The first-order valence-corrected chi connectivity index (χ1v) is 39.9. The van der Waals surface area contributed by atoms with Gasteiger partial charge in [-0.05, 0) is 224 Å². The number of H-pyrrole nitrogens is 4. The Morgan fingerprint density at radius 2 is 0.750 bits per heavy atom. The Hall–Kier alpha value is -7.67. The minimum atomic E-state index is -0.473. The van der Waals surface area contributed by atoms with E-state index in [1.807, 2.05) is 64.1 Å². The first kappa shape index (κ1) is 76.0. The van der Waals surface area contributed by atoms with Crippen LogP contribution in [-0.2, 0) is 43.6 Å². The van der Waals surface area contributed by atoms with Gasteiger partial charge in [-0.15, -0.1) is 0 Å². The molecule has 3 atom stereocenters. The molecular formula is C88H115N9O7. The molecule has 16 heteroatoms. The Bertz CT molecular complexity index is 4520. The molecular weight excluding hydrogens is 1300 g/mol. The molecule has 4 saturated heterocycles. The predicted molar refractivity (Wildman–Crippen MR) is 424 cm³/mol. The van der Waals surface area contributed by atoms with Gasteiger partial charge in [-0.1, -0.05) is 134 Å². The zero-order valence-electron chi connectivity index (χ0n) is 62.5. The highest BCUT2D eigenvalue weighted by Gasteiger charge is 2.34. The topological polar surface area (TPSA) is 205 Å². The van der Waals surface area contributed by atoms with E-state index >= 15 is 0 Å². The minimum Gasteiger partial charge on any atom is -0.393 e. The van der Waals surface area contributed by atoms with Gasteiger partial charge in [0.25, 0.3) is 22.2 Å². The monoisotopic (exact) mass is 1410 g/mol. The summed E-state index contributed by atoms with van der Waals surface area (Å²) in [6.45, 7) is 21.0. The van der Waals surface area contributed by atoms with Crippen LogP contribution in [0.15, 0.2) is 147 Å². The van der Waals surface area contributed by atoms with Crippen molar-refractivity contribution >= 4 is 49.4 Å². The largest absolute Gasteiger partial charge is 0.393 e. The molecule has 9 aromatic rings. The second-order valence-electron chi connectivity index (χ2n) is 30.7. The number of piperidine rings is 3. The van der Waals surface area contributed by atoms with E-state index in [2.05, 4.69) is 135 Å². The number of aromatic nitrogens is 4. The molecule has 5 aromatic carbocycles. The summed E-state index contributed by atoms with van der Waals surface area (Å²) in [6, 6.07) is 45.0. The van der Waals surface area contributed by atoms with E-state index in [0.29, 0.717) is 55.5 Å². The number of hydrogen-bond acceptors (Lipinski definition) is 12. The number of nitrogens with zero attached hydrogens (tertiary/aromatic N) is 5. The second kappa shape index (κ2) is 37.0. The number of aryl methyl sites for hydroxylation is 4. The highest BCUT2D eigenvalue weighted by molar-refractivity contribution is 5.83. The van der Waals surface area contributed by atoms with Gasteiger partial charge in [0.2, 0.25) is 0 Å². The number of ketones is 1. The minimum absolute atomic E-state index is 0.0170. The van der Waals surface area contributed by atoms with Crippen LogP contribution in [0.2, 0.25) is 0 Å². The van der Waals surface area contributed by atoms with Crippen LogP contribution in [0.3, 0.4) is 0 Å². The Morgan fingerprint density at radius 3 is 1.19 bits per heavy atom. The maximum absolute atomic E-state index is 12.2. The molecule has 6 aliphatic rings. The Balaban J connectivity index is 0.000000131.